The van der Waals surface area contributed by atoms with Crippen molar-refractivity contribution in [2.24, 2.45) is 0 Å². The van der Waals surface area contributed by atoms with E-state index in [9.17, 15) is 5.11 Å². The van der Waals surface area contributed by atoms with Gasteiger partial charge < -0.3 is 15.6 Å². The Balaban J connectivity index is 2.02. The molecule has 1 atom stereocenters. The minimum atomic E-state index is 0.0666. The summed E-state index contributed by atoms with van der Waals surface area (Å²) in [4.78, 5) is 6.42. The van der Waals surface area contributed by atoms with E-state index < -0.39 is 0 Å². The number of nitrogens with two attached hydrogens (primary N) is 1. The van der Waals surface area contributed by atoms with Crippen LogP contribution in [0.25, 0.3) is 0 Å². The molecule has 1 unspecified atom stereocenters. The van der Waals surface area contributed by atoms with Crippen LogP contribution in [0.5, 0.6) is 0 Å². The summed E-state index contributed by atoms with van der Waals surface area (Å²) in [5.41, 5.74) is 6.56. The molecule has 0 bridgehead atoms. The largest absolute Gasteiger partial charge is 0.395 e. The van der Waals surface area contributed by atoms with E-state index in [2.05, 4.69) is 9.88 Å². The first-order valence-electron chi connectivity index (χ1n) is 5.43. The maximum atomic E-state index is 9.23. The van der Waals surface area contributed by atoms with E-state index in [1.165, 1.54) is 0 Å². The molecule has 0 radical (unpaired) electrons. The normalized spacial score (nSPS) is 22.2. The van der Waals surface area contributed by atoms with Crippen LogP contribution in [0, 0.1) is 0 Å². The molecular weight excluding hydrogens is 206 g/mol. The number of anilines is 1. The summed E-state index contributed by atoms with van der Waals surface area (Å²) in [6, 6.07) is 5.68. The number of hydrogen-bond acceptors (Lipinski definition) is 5. The van der Waals surface area contributed by atoms with Gasteiger partial charge in [-0.15, -0.1) is 0 Å². The number of rotatable bonds is 3. The zero-order chi connectivity index (χ0) is 11.4. The fraction of sp³-hybridized carbons (Fsp3) is 0.545. The second-order valence-corrected chi connectivity index (χ2v) is 3.94. The topological polar surface area (TPSA) is 71.6 Å². The maximum absolute atomic E-state index is 9.23. The zero-order valence-electron chi connectivity index (χ0n) is 9.17. The van der Waals surface area contributed by atoms with Gasteiger partial charge >= 0.3 is 0 Å². The van der Waals surface area contributed by atoms with Gasteiger partial charge in [-0.1, -0.05) is 6.07 Å². The Morgan fingerprint density at radius 1 is 1.56 bits per heavy atom. The van der Waals surface area contributed by atoms with Gasteiger partial charge in [-0.3, -0.25) is 4.90 Å². The van der Waals surface area contributed by atoms with Gasteiger partial charge in [0, 0.05) is 13.1 Å². The molecule has 0 aromatic carbocycles. The van der Waals surface area contributed by atoms with Crippen LogP contribution >= 0.6 is 0 Å². The van der Waals surface area contributed by atoms with Gasteiger partial charge in [-0.25, -0.2) is 4.98 Å². The van der Waals surface area contributed by atoms with Crippen LogP contribution in [0.3, 0.4) is 0 Å². The molecule has 16 heavy (non-hydrogen) atoms. The van der Waals surface area contributed by atoms with Gasteiger partial charge in [0.15, 0.2) is 0 Å². The number of morpholine rings is 1. The molecule has 0 saturated carbocycles. The highest BCUT2D eigenvalue weighted by molar-refractivity contribution is 5.28. The average molecular weight is 223 g/mol. The van der Waals surface area contributed by atoms with Crippen molar-refractivity contribution in [3.63, 3.8) is 0 Å². The Morgan fingerprint density at radius 3 is 3.19 bits per heavy atom. The van der Waals surface area contributed by atoms with Crippen LogP contribution in [0.15, 0.2) is 18.2 Å². The van der Waals surface area contributed by atoms with Crippen molar-refractivity contribution >= 4 is 5.82 Å². The molecule has 1 aliphatic rings. The maximum Gasteiger partial charge on any atom is 0.123 e. The molecule has 1 fully saturated rings. The monoisotopic (exact) mass is 223 g/mol. The highest BCUT2D eigenvalue weighted by Crippen LogP contribution is 2.11. The second-order valence-electron chi connectivity index (χ2n) is 3.94. The summed E-state index contributed by atoms with van der Waals surface area (Å²) in [5.74, 6) is 0.534. The third-order valence-electron chi connectivity index (χ3n) is 2.75. The molecule has 1 saturated heterocycles. The van der Waals surface area contributed by atoms with Crippen LogP contribution in [-0.2, 0) is 11.3 Å². The summed E-state index contributed by atoms with van der Waals surface area (Å²) in [7, 11) is 0. The molecule has 2 heterocycles. The Kier molecular flexibility index (Phi) is 3.71. The molecule has 0 spiro atoms. The van der Waals surface area contributed by atoms with E-state index >= 15 is 0 Å². The second kappa shape index (κ2) is 5.25. The zero-order valence-corrected chi connectivity index (χ0v) is 9.17. The van der Waals surface area contributed by atoms with Crippen molar-refractivity contribution in [3.8, 4) is 0 Å². The molecule has 1 aliphatic heterocycles. The van der Waals surface area contributed by atoms with Crippen molar-refractivity contribution in [1.29, 1.82) is 0 Å². The summed E-state index contributed by atoms with van der Waals surface area (Å²) >= 11 is 0. The van der Waals surface area contributed by atoms with Gasteiger partial charge in [0.05, 0.1) is 31.6 Å². The van der Waals surface area contributed by atoms with Crippen molar-refractivity contribution in [2.75, 3.05) is 32.1 Å². The summed E-state index contributed by atoms with van der Waals surface area (Å²) < 4.78 is 5.32. The number of pyridine rings is 1. The van der Waals surface area contributed by atoms with Crippen molar-refractivity contribution in [2.45, 2.75) is 12.6 Å². The molecule has 0 amide bonds. The lowest BCUT2D eigenvalue weighted by Crippen LogP contribution is -2.46. The van der Waals surface area contributed by atoms with Gasteiger partial charge in [-0.2, -0.15) is 0 Å². The molecule has 0 aliphatic carbocycles. The SMILES string of the molecule is Nc1cccc(CN2CCOCC2CO)n1. The minimum Gasteiger partial charge on any atom is -0.395 e. The summed E-state index contributed by atoms with van der Waals surface area (Å²) in [6.45, 7) is 2.93. The Morgan fingerprint density at radius 2 is 2.44 bits per heavy atom. The number of hydrogen-bond donors (Lipinski definition) is 2. The van der Waals surface area contributed by atoms with Crippen molar-refractivity contribution < 1.29 is 9.84 Å². The van der Waals surface area contributed by atoms with Crippen LogP contribution in [0.2, 0.25) is 0 Å². The lowest BCUT2D eigenvalue weighted by molar-refractivity contribution is -0.0317. The average Bonchev–Trinajstić information content (AvgIpc) is 2.30. The number of aliphatic hydroxyl groups is 1. The third kappa shape index (κ3) is 2.69. The van der Waals surface area contributed by atoms with E-state index in [0.717, 1.165) is 12.2 Å². The number of aliphatic hydroxyl groups excluding tert-OH is 1. The lowest BCUT2D eigenvalue weighted by atomic mass is 10.2. The fourth-order valence-electron chi connectivity index (χ4n) is 1.86. The van der Waals surface area contributed by atoms with Crippen LogP contribution in [-0.4, -0.2) is 47.4 Å². The lowest BCUT2D eigenvalue weighted by Gasteiger charge is -2.34. The number of aromatic nitrogens is 1. The highest BCUT2D eigenvalue weighted by Gasteiger charge is 2.22. The molecule has 1 aromatic rings. The first-order valence-corrected chi connectivity index (χ1v) is 5.43. The first-order chi connectivity index (χ1) is 7.79. The fourth-order valence-corrected chi connectivity index (χ4v) is 1.86. The summed E-state index contributed by atoms with van der Waals surface area (Å²) in [5, 5.41) is 9.23. The van der Waals surface area contributed by atoms with E-state index in [-0.39, 0.29) is 12.6 Å². The van der Waals surface area contributed by atoms with Crippen LogP contribution < -0.4 is 5.73 Å². The van der Waals surface area contributed by atoms with E-state index in [1.807, 2.05) is 12.1 Å². The molecule has 88 valence electrons. The van der Waals surface area contributed by atoms with Gasteiger partial charge in [0.25, 0.3) is 0 Å². The van der Waals surface area contributed by atoms with Gasteiger partial charge in [-0.05, 0) is 12.1 Å². The minimum absolute atomic E-state index is 0.0666. The Labute approximate surface area is 94.8 Å². The predicted molar refractivity (Wildman–Crippen MR) is 60.8 cm³/mol. The Hall–Kier alpha value is -1.17. The van der Waals surface area contributed by atoms with Crippen molar-refractivity contribution in [1.82, 2.24) is 9.88 Å². The molecule has 3 N–H and O–H groups in total. The number of ether oxygens (including phenoxy) is 1. The smallest absolute Gasteiger partial charge is 0.123 e. The number of nitrogens with zero attached hydrogens (tertiary/aromatic N) is 2. The molecule has 2 rings (SSSR count). The van der Waals surface area contributed by atoms with Gasteiger partial charge in [0.2, 0.25) is 0 Å². The predicted octanol–water partition coefficient (Wildman–Crippen LogP) is -0.143. The summed E-state index contributed by atoms with van der Waals surface area (Å²) in [6.07, 6.45) is 0. The Bertz CT molecular complexity index is 346. The third-order valence-corrected chi connectivity index (χ3v) is 2.75. The first kappa shape index (κ1) is 11.3. The van der Waals surface area contributed by atoms with E-state index in [0.29, 0.717) is 25.6 Å². The molecule has 1 aromatic heterocycles. The molecule has 5 heteroatoms. The van der Waals surface area contributed by atoms with Crippen LogP contribution in [0.1, 0.15) is 5.69 Å². The van der Waals surface area contributed by atoms with Crippen LogP contribution in [0.4, 0.5) is 5.82 Å². The van der Waals surface area contributed by atoms with E-state index in [1.54, 1.807) is 6.07 Å². The molecular formula is C11H17N3O2. The van der Waals surface area contributed by atoms with Crippen molar-refractivity contribution in [3.05, 3.63) is 23.9 Å². The quantitative estimate of drug-likeness (QED) is 0.746. The van der Waals surface area contributed by atoms with E-state index in [4.69, 9.17) is 10.5 Å². The van der Waals surface area contributed by atoms with Gasteiger partial charge in [0.1, 0.15) is 5.82 Å². The number of nitrogen functional groups attached to an aromatic ring is 1. The molecule has 5 nitrogen and oxygen atoms in total. The highest BCUT2D eigenvalue weighted by atomic mass is 16.5. The standard InChI is InChI=1S/C11H17N3O2/c12-11-3-1-2-9(13-11)6-14-4-5-16-8-10(14)7-15/h1-3,10,15H,4-8H2,(H2,12,13).